The molecule has 14 heavy (non-hydrogen) atoms. The second kappa shape index (κ2) is 3.33. The van der Waals surface area contributed by atoms with Crippen molar-refractivity contribution in [3.05, 3.63) is 29.7 Å². The Kier molecular flexibility index (Phi) is 2.15. The van der Waals surface area contributed by atoms with Crippen LogP contribution in [0.5, 0.6) is 5.75 Å². The van der Waals surface area contributed by atoms with Crippen LogP contribution >= 0.6 is 0 Å². The van der Waals surface area contributed by atoms with Crippen LogP contribution in [-0.2, 0) is 6.42 Å². The van der Waals surface area contributed by atoms with Crippen molar-refractivity contribution in [2.45, 2.75) is 13.3 Å². The van der Waals surface area contributed by atoms with E-state index in [1.54, 1.807) is 6.20 Å². The van der Waals surface area contributed by atoms with Gasteiger partial charge in [-0.15, -0.1) is 0 Å². The number of rotatable bonds is 2. The summed E-state index contributed by atoms with van der Waals surface area (Å²) in [4.78, 5) is 2.99. The van der Waals surface area contributed by atoms with Crippen molar-refractivity contribution in [2.24, 2.45) is 0 Å². The minimum atomic E-state index is -0.306. The van der Waals surface area contributed by atoms with Crippen LogP contribution in [-0.4, -0.2) is 12.1 Å². The molecule has 0 radical (unpaired) electrons. The molecule has 0 aliphatic rings. The topological polar surface area (TPSA) is 25.0 Å². The Morgan fingerprint density at radius 3 is 2.93 bits per heavy atom. The molecule has 0 unspecified atom stereocenters. The normalized spacial score (nSPS) is 10.8. The van der Waals surface area contributed by atoms with E-state index in [1.165, 1.54) is 13.2 Å². The molecule has 1 heterocycles. The number of methoxy groups -OCH3 is 1. The molecule has 3 heteroatoms. The number of fused-ring (bicyclic) bond motifs is 1. The first-order chi connectivity index (χ1) is 6.77. The molecule has 0 aliphatic carbocycles. The molecule has 0 atom stereocenters. The van der Waals surface area contributed by atoms with E-state index in [2.05, 4.69) is 4.98 Å². The van der Waals surface area contributed by atoms with Crippen LogP contribution in [0.25, 0.3) is 10.9 Å². The highest BCUT2D eigenvalue weighted by Gasteiger charge is 2.12. The lowest BCUT2D eigenvalue weighted by molar-refractivity contribution is 0.391. The fraction of sp³-hybridized carbons (Fsp3) is 0.273. The smallest absolute Gasteiger partial charge is 0.178 e. The average Bonchev–Trinajstić information content (AvgIpc) is 2.65. The molecule has 74 valence electrons. The minimum absolute atomic E-state index is 0.294. The van der Waals surface area contributed by atoms with Gasteiger partial charge in [-0.25, -0.2) is 4.39 Å². The van der Waals surface area contributed by atoms with Crippen LogP contribution in [0.2, 0.25) is 0 Å². The number of aryl methyl sites for hydroxylation is 1. The summed E-state index contributed by atoms with van der Waals surface area (Å²) in [5.74, 6) is -0.0125. The molecule has 1 N–H and O–H groups in total. The number of aromatic amines is 1. The van der Waals surface area contributed by atoms with Crippen molar-refractivity contribution >= 4 is 10.9 Å². The van der Waals surface area contributed by atoms with Crippen LogP contribution in [0.1, 0.15) is 12.5 Å². The SMILES string of the molecule is CCc1cc(F)c(OC)c2[nH]ccc12. The highest BCUT2D eigenvalue weighted by atomic mass is 19.1. The number of aromatic nitrogens is 1. The molecule has 2 nitrogen and oxygen atoms in total. The van der Waals surface area contributed by atoms with Crippen LogP contribution in [0.3, 0.4) is 0 Å². The van der Waals surface area contributed by atoms with E-state index in [9.17, 15) is 4.39 Å². The number of nitrogens with one attached hydrogen (secondary N) is 1. The first-order valence-electron chi connectivity index (χ1n) is 4.60. The molecule has 0 saturated carbocycles. The Hall–Kier alpha value is -1.51. The molecular formula is C11H12FNO. The predicted octanol–water partition coefficient (Wildman–Crippen LogP) is 2.88. The molecule has 0 saturated heterocycles. The largest absolute Gasteiger partial charge is 0.492 e. The fourth-order valence-electron chi connectivity index (χ4n) is 1.73. The molecule has 2 aromatic rings. The number of ether oxygens (including phenoxy) is 1. The zero-order valence-corrected chi connectivity index (χ0v) is 8.23. The van der Waals surface area contributed by atoms with E-state index in [0.29, 0.717) is 5.75 Å². The summed E-state index contributed by atoms with van der Waals surface area (Å²) >= 11 is 0. The van der Waals surface area contributed by atoms with Gasteiger partial charge in [-0.3, -0.25) is 0 Å². The summed E-state index contributed by atoms with van der Waals surface area (Å²) in [5, 5.41) is 1.03. The molecule has 2 rings (SSSR count). The Labute approximate surface area is 81.7 Å². The fourth-order valence-corrected chi connectivity index (χ4v) is 1.73. The molecule has 0 aliphatic heterocycles. The second-order valence-corrected chi connectivity index (χ2v) is 3.17. The number of halogens is 1. The van der Waals surface area contributed by atoms with Gasteiger partial charge in [0.1, 0.15) is 0 Å². The third-order valence-corrected chi connectivity index (χ3v) is 2.42. The summed E-state index contributed by atoms with van der Waals surface area (Å²) < 4.78 is 18.5. The van der Waals surface area contributed by atoms with Gasteiger partial charge in [0.2, 0.25) is 0 Å². The second-order valence-electron chi connectivity index (χ2n) is 3.17. The molecule has 0 fully saturated rings. The maximum atomic E-state index is 13.5. The highest BCUT2D eigenvalue weighted by Crippen LogP contribution is 2.30. The summed E-state index contributed by atoms with van der Waals surface area (Å²) in [5.41, 5.74) is 1.74. The van der Waals surface area contributed by atoms with Crippen molar-refractivity contribution in [1.29, 1.82) is 0 Å². The lowest BCUT2D eigenvalue weighted by Crippen LogP contribution is -1.92. The van der Waals surface area contributed by atoms with Gasteiger partial charge in [0.25, 0.3) is 0 Å². The zero-order valence-electron chi connectivity index (χ0n) is 8.23. The van der Waals surface area contributed by atoms with Gasteiger partial charge < -0.3 is 9.72 Å². The van der Waals surface area contributed by atoms with Crippen LogP contribution in [0, 0.1) is 5.82 Å². The van der Waals surface area contributed by atoms with Gasteiger partial charge in [0.05, 0.1) is 12.6 Å². The zero-order chi connectivity index (χ0) is 10.1. The van der Waals surface area contributed by atoms with E-state index in [-0.39, 0.29) is 5.82 Å². The third kappa shape index (κ3) is 1.16. The van der Waals surface area contributed by atoms with Crippen LogP contribution < -0.4 is 4.74 Å². The molecule has 0 spiro atoms. The van der Waals surface area contributed by atoms with E-state index in [4.69, 9.17) is 4.74 Å². The summed E-state index contributed by atoms with van der Waals surface area (Å²) in [6, 6.07) is 3.48. The van der Waals surface area contributed by atoms with E-state index in [1.807, 2.05) is 13.0 Å². The lowest BCUT2D eigenvalue weighted by Gasteiger charge is -2.06. The quantitative estimate of drug-likeness (QED) is 0.779. The van der Waals surface area contributed by atoms with Gasteiger partial charge in [-0.2, -0.15) is 0 Å². The number of hydrogen-bond acceptors (Lipinski definition) is 1. The van der Waals surface area contributed by atoms with Gasteiger partial charge in [0.15, 0.2) is 11.6 Å². The third-order valence-electron chi connectivity index (χ3n) is 2.42. The number of H-pyrrole nitrogens is 1. The van der Waals surface area contributed by atoms with Gasteiger partial charge in [-0.1, -0.05) is 6.92 Å². The van der Waals surface area contributed by atoms with E-state index >= 15 is 0 Å². The molecule has 1 aromatic carbocycles. The highest BCUT2D eigenvalue weighted by molar-refractivity contribution is 5.88. The van der Waals surface area contributed by atoms with E-state index in [0.717, 1.165) is 22.9 Å². The average molecular weight is 193 g/mol. The molecule has 1 aromatic heterocycles. The molecule has 0 bridgehead atoms. The lowest BCUT2D eigenvalue weighted by atomic mass is 10.1. The van der Waals surface area contributed by atoms with Crippen molar-refractivity contribution in [2.75, 3.05) is 7.11 Å². The minimum Gasteiger partial charge on any atom is -0.492 e. The van der Waals surface area contributed by atoms with Crippen molar-refractivity contribution < 1.29 is 9.13 Å². The van der Waals surface area contributed by atoms with Crippen molar-refractivity contribution in [3.8, 4) is 5.75 Å². The Morgan fingerprint density at radius 2 is 2.29 bits per heavy atom. The first kappa shape index (κ1) is 9.06. The first-order valence-corrected chi connectivity index (χ1v) is 4.60. The Bertz CT molecular complexity index is 462. The van der Waals surface area contributed by atoms with Crippen LogP contribution in [0.15, 0.2) is 18.3 Å². The Balaban J connectivity index is 2.81. The van der Waals surface area contributed by atoms with Crippen molar-refractivity contribution in [3.63, 3.8) is 0 Å². The summed E-state index contributed by atoms with van der Waals surface area (Å²) in [7, 11) is 1.48. The van der Waals surface area contributed by atoms with E-state index < -0.39 is 0 Å². The maximum absolute atomic E-state index is 13.5. The standard InChI is InChI=1S/C11H12FNO/c1-3-7-6-9(12)11(14-2)10-8(7)4-5-13-10/h4-6,13H,3H2,1-2H3. The monoisotopic (exact) mass is 193 g/mol. The molecule has 0 amide bonds. The molecular weight excluding hydrogens is 181 g/mol. The van der Waals surface area contributed by atoms with Crippen LogP contribution in [0.4, 0.5) is 4.39 Å². The Morgan fingerprint density at radius 1 is 1.50 bits per heavy atom. The summed E-state index contributed by atoms with van der Waals surface area (Å²) in [6.45, 7) is 2.01. The number of hydrogen-bond donors (Lipinski definition) is 1. The van der Waals surface area contributed by atoms with Gasteiger partial charge >= 0.3 is 0 Å². The number of benzene rings is 1. The van der Waals surface area contributed by atoms with Gasteiger partial charge in [0, 0.05) is 11.6 Å². The summed E-state index contributed by atoms with van der Waals surface area (Å²) in [6.07, 6.45) is 2.61. The predicted molar refractivity (Wildman–Crippen MR) is 54.2 cm³/mol. The van der Waals surface area contributed by atoms with Gasteiger partial charge in [-0.05, 0) is 24.1 Å². The van der Waals surface area contributed by atoms with Crippen molar-refractivity contribution in [1.82, 2.24) is 4.98 Å². The maximum Gasteiger partial charge on any atom is 0.178 e.